The standard InChI is InChI=1S/C20H19N3O6S/c1-3-16(17(24)21-13-6-4-12(5-7-13)19(25)26)30-18-20(27)29-22-23(18)14-8-10-15(28-2)11-9-14/h4-11,16H,3H2,1-2H3,(H2-,21,22,24,25,26,27)/p+1. The Kier molecular flexibility index (Phi) is 6.58. The lowest BCUT2D eigenvalue weighted by Crippen LogP contribution is -2.37. The first-order valence-electron chi connectivity index (χ1n) is 9.01. The third-order valence-corrected chi connectivity index (χ3v) is 5.66. The molecule has 0 fully saturated rings. The van der Waals surface area contributed by atoms with Crippen molar-refractivity contribution < 1.29 is 28.6 Å². The quantitative estimate of drug-likeness (QED) is 0.370. The minimum atomic E-state index is -1.04. The molecule has 9 nitrogen and oxygen atoms in total. The van der Waals surface area contributed by atoms with Gasteiger partial charge in [-0.3, -0.25) is 9.32 Å². The van der Waals surface area contributed by atoms with Gasteiger partial charge >= 0.3 is 16.6 Å². The van der Waals surface area contributed by atoms with Crippen LogP contribution < -0.4 is 20.4 Å². The van der Waals surface area contributed by atoms with E-state index in [1.807, 2.05) is 6.92 Å². The van der Waals surface area contributed by atoms with E-state index in [-0.39, 0.29) is 16.5 Å². The maximum atomic E-state index is 12.7. The van der Waals surface area contributed by atoms with Crippen molar-refractivity contribution in [1.82, 2.24) is 5.27 Å². The van der Waals surface area contributed by atoms with Gasteiger partial charge in [0.25, 0.3) is 0 Å². The zero-order valence-electron chi connectivity index (χ0n) is 16.2. The number of amides is 1. The molecule has 0 saturated heterocycles. The Bertz CT molecular complexity index is 1090. The Morgan fingerprint density at radius 1 is 1.20 bits per heavy atom. The van der Waals surface area contributed by atoms with Gasteiger partial charge in [-0.15, -0.1) is 0 Å². The van der Waals surface area contributed by atoms with E-state index in [9.17, 15) is 14.4 Å². The number of benzene rings is 2. The maximum absolute atomic E-state index is 12.7. The summed E-state index contributed by atoms with van der Waals surface area (Å²) in [4.78, 5) is 35.9. The number of H-pyrrole nitrogens is 1. The second kappa shape index (κ2) is 9.31. The van der Waals surface area contributed by atoms with Crippen LogP contribution in [0, 0.1) is 0 Å². The fourth-order valence-corrected chi connectivity index (χ4v) is 3.63. The molecule has 2 aromatic carbocycles. The van der Waals surface area contributed by atoms with Gasteiger partial charge in [-0.25, -0.2) is 9.59 Å². The number of aromatic nitrogens is 2. The van der Waals surface area contributed by atoms with E-state index in [1.54, 1.807) is 31.4 Å². The zero-order valence-corrected chi connectivity index (χ0v) is 17.1. The molecule has 30 heavy (non-hydrogen) atoms. The summed E-state index contributed by atoms with van der Waals surface area (Å²) in [5.41, 5.74) is 0.643. The molecule has 1 amide bonds. The molecule has 10 heteroatoms. The van der Waals surface area contributed by atoms with Gasteiger partial charge in [0.1, 0.15) is 5.75 Å². The van der Waals surface area contributed by atoms with Crippen LogP contribution in [-0.2, 0) is 4.79 Å². The van der Waals surface area contributed by atoms with Gasteiger partial charge in [-0.05, 0) is 64.5 Å². The topological polar surface area (TPSA) is 126 Å². The normalized spacial score (nSPS) is 11.7. The minimum Gasteiger partial charge on any atom is -0.497 e. The number of thioether (sulfide) groups is 1. The molecule has 0 aliphatic heterocycles. The third-order valence-electron chi connectivity index (χ3n) is 4.25. The molecule has 0 saturated carbocycles. The summed E-state index contributed by atoms with van der Waals surface area (Å²) in [6.07, 6.45) is 0.455. The smallest absolute Gasteiger partial charge is 0.442 e. The predicted octanol–water partition coefficient (Wildman–Crippen LogP) is 2.46. The fourth-order valence-electron chi connectivity index (χ4n) is 2.64. The SMILES string of the molecule is CCC(Sc1c(=O)o[nH][n+]1-c1ccc(OC)cc1)C(=O)Nc1ccc(C(=O)O)cc1. The second-order valence-corrected chi connectivity index (χ2v) is 7.40. The molecular weight excluding hydrogens is 410 g/mol. The first-order chi connectivity index (χ1) is 14.4. The van der Waals surface area contributed by atoms with E-state index in [2.05, 4.69) is 10.6 Å². The number of carboxylic acid groups (broad SMARTS) is 1. The van der Waals surface area contributed by atoms with Crippen LogP contribution in [0.2, 0.25) is 0 Å². The van der Waals surface area contributed by atoms with E-state index in [1.165, 1.54) is 28.9 Å². The monoisotopic (exact) mass is 430 g/mol. The highest BCUT2D eigenvalue weighted by Crippen LogP contribution is 2.23. The summed E-state index contributed by atoms with van der Waals surface area (Å²) in [5.74, 6) is -0.691. The van der Waals surface area contributed by atoms with Gasteiger partial charge in [0.2, 0.25) is 11.6 Å². The number of nitrogens with one attached hydrogen (secondary N) is 2. The van der Waals surface area contributed by atoms with Crippen LogP contribution in [0.3, 0.4) is 0 Å². The Balaban J connectivity index is 1.78. The molecule has 3 N–H and O–H groups in total. The summed E-state index contributed by atoms with van der Waals surface area (Å²) in [7, 11) is 1.56. The predicted molar refractivity (Wildman–Crippen MR) is 109 cm³/mol. The van der Waals surface area contributed by atoms with Crippen LogP contribution in [0.1, 0.15) is 23.7 Å². The van der Waals surface area contributed by atoms with Gasteiger partial charge in [-0.1, -0.05) is 6.92 Å². The molecule has 3 rings (SSSR count). The van der Waals surface area contributed by atoms with Crippen LogP contribution in [0.5, 0.6) is 5.75 Å². The third kappa shape index (κ3) is 4.71. The number of ether oxygens (including phenoxy) is 1. The van der Waals surface area contributed by atoms with Crippen molar-refractivity contribution >= 4 is 29.3 Å². The summed E-state index contributed by atoms with van der Waals surface area (Å²) in [6.45, 7) is 1.83. The van der Waals surface area contributed by atoms with Gasteiger partial charge in [-0.2, -0.15) is 0 Å². The minimum absolute atomic E-state index is 0.125. The highest BCUT2D eigenvalue weighted by atomic mass is 32.2. The van der Waals surface area contributed by atoms with E-state index >= 15 is 0 Å². The van der Waals surface area contributed by atoms with Crippen molar-refractivity contribution in [1.29, 1.82) is 0 Å². The number of rotatable bonds is 8. The van der Waals surface area contributed by atoms with E-state index < -0.39 is 16.8 Å². The number of methoxy groups -OCH3 is 1. The van der Waals surface area contributed by atoms with Gasteiger partial charge in [0.15, 0.2) is 0 Å². The molecule has 156 valence electrons. The van der Waals surface area contributed by atoms with E-state index in [0.717, 1.165) is 11.8 Å². The Hall–Kier alpha value is -3.53. The average Bonchev–Trinajstić information content (AvgIpc) is 3.12. The second-order valence-electron chi connectivity index (χ2n) is 6.21. The molecule has 0 bridgehead atoms. The molecular formula is C20H20N3O6S+. The molecule has 0 aliphatic carbocycles. The van der Waals surface area contributed by atoms with E-state index in [0.29, 0.717) is 23.5 Å². The fraction of sp³-hybridized carbons (Fsp3) is 0.200. The van der Waals surface area contributed by atoms with Gasteiger partial charge in [0, 0.05) is 17.8 Å². The van der Waals surface area contributed by atoms with Crippen LogP contribution in [-0.4, -0.2) is 34.6 Å². The summed E-state index contributed by atoms with van der Waals surface area (Å²) in [6, 6.07) is 12.8. The number of nitrogens with zero attached hydrogens (tertiary/aromatic N) is 1. The van der Waals surface area contributed by atoms with Crippen LogP contribution in [0.4, 0.5) is 5.69 Å². The average molecular weight is 430 g/mol. The number of carboxylic acids is 1. The molecule has 3 aromatic rings. The highest BCUT2D eigenvalue weighted by Gasteiger charge is 2.30. The summed E-state index contributed by atoms with van der Waals surface area (Å²) >= 11 is 1.08. The van der Waals surface area contributed by atoms with E-state index in [4.69, 9.17) is 14.4 Å². The summed E-state index contributed by atoms with van der Waals surface area (Å²) < 4.78 is 11.5. The van der Waals surface area contributed by atoms with Crippen molar-refractivity contribution in [2.45, 2.75) is 23.6 Å². The van der Waals surface area contributed by atoms with Crippen molar-refractivity contribution in [2.75, 3.05) is 12.4 Å². The molecule has 0 aliphatic rings. The van der Waals surface area contributed by atoms with Crippen molar-refractivity contribution in [3.05, 3.63) is 64.5 Å². The Morgan fingerprint density at radius 2 is 1.87 bits per heavy atom. The van der Waals surface area contributed by atoms with Crippen LogP contribution >= 0.6 is 11.8 Å². The number of carbonyl (C=O) groups is 2. The molecule has 0 spiro atoms. The number of anilines is 1. The lowest BCUT2D eigenvalue weighted by Gasteiger charge is -2.12. The number of aromatic amines is 1. The summed E-state index contributed by atoms with van der Waals surface area (Å²) in [5, 5.41) is 13.9. The lowest BCUT2D eigenvalue weighted by molar-refractivity contribution is -0.704. The Labute approximate surface area is 175 Å². The number of aromatic carboxylic acids is 1. The zero-order chi connectivity index (χ0) is 21.7. The first kappa shape index (κ1) is 21.2. The molecule has 1 atom stereocenters. The maximum Gasteiger partial charge on any atom is 0.442 e. The van der Waals surface area contributed by atoms with Crippen LogP contribution in [0.25, 0.3) is 5.69 Å². The lowest BCUT2D eigenvalue weighted by atomic mass is 10.2. The highest BCUT2D eigenvalue weighted by molar-refractivity contribution is 8.00. The van der Waals surface area contributed by atoms with Crippen molar-refractivity contribution in [2.24, 2.45) is 0 Å². The largest absolute Gasteiger partial charge is 0.497 e. The molecule has 0 radical (unpaired) electrons. The van der Waals surface area contributed by atoms with Gasteiger partial charge < -0.3 is 15.2 Å². The van der Waals surface area contributed by atoms with Crippen molar-refractivity contribution in [3.63, 3.8) is 0 Å². The molecule has 1 aromatic heterocycles. The molecule has 1 heterocycles. The van der Waals surface area contributed by atoms with Gasteiger partial charge in [0.05, 0.1) is 17.9 Å². The van der Waals surface area contributed by atoms with Crippen LogP contribution in [0.15, 0.2) is 62.9 Å². The first-order valence-corrected chi connectivity index (χ1v) is 9.89. The Morgan fingerprint density at radius 3 is 2.43 bits per heavy atom. The number of hydrogen-bond acceptors (Lipinski definition) is 6. The van der Waals surface area contributed by atoms with Crippen molar-refractivity contribution in [3.8, 4) is 11.4 Å². The number of hydrogen-bond donors (Lipinski definition) is 3. The molecule has 1 unspecified atom stereocenters. The number of carbonyl (C=O) groups excluding carboxylic acids is 1.